The van der Waals surface area contributed by atoms with E-state index in [4.69, 9.17) is 11.6 Å². The monoisotopic (exact) mass is 328 g/mol. The Labute approximate surface area is 142 Å². The van der Waals surface area contributed by atoms with E-state index in [0.29, 0.717) is 18.1 Å². The second-order valence-corrected chi connectivity index (χ2v) is 6.53. The Balaban J connectivity index is 1.53. The van der Waals surface area contributed by atoms with Gasteiger partial charge in [0, 0.05) is 23.5 Å². The summed E-state index contributed by atoms with van der Waals surface area (Å²) in [4.78, 5) is 12.1. The number of hydrogen-bond donors (Lipinski definition) is 2. The Kier molecular flexibility index (Phi) is 4.87. The average molecular weight is 329 g/mol. The quantitative estimate of drug-likeness (QED) is 0.846. The van der Waals surface area contributed by atoms with Crippen LogP contribution in [-0.4, -0.2) is 12.6 Å². The Morgan fingerprint density at radius 3 is 2.35 bits per heavy atom. The highest BCUT2D eigenvalue weighted by molar-refractivity contribution is 6.31. The zero-order chi connectivity index (χ0) is 16.1. The zero-order valence-corrected chi connectivity index (χ0v) is 13.8. The maximum atomic E-state index is 12.1. The van der Waals surface area contributed by atoms with Crippen molar-refractivity contribution >= 4 is 17.6 Å². The van der Waals surface area contributed by atoms with E-state index < -0.39 is 0 Å². The molecule has 1 aliphatic carbocycles. The number of benzene rings is 2. The number of halogens is 1. The lowest BCUT2D eigenvalue weighted by atomic mass is 9.64. The van der Waals surface area contributed by atoms with Gasteiger partial charge in [0.1, 0.15) is 0 Å². The van der Waals surface area contributed by atoms with Crippen LogP contribution < -0.4 is 10.6 Å². The highest BCUT2D eigenvalue weighted by atomic mass is 35.5. The summed E-state index contributed by atoms with van der Waals surface area (Å²) in [6.07, 6.45) is 3.47. The molecule has 2 amide bonds. The third-order valence-electron chi connectivity index (χ3n) is 4.68. The Morgan fingerprint density at radius 1 is 1.00 bits per heavy atom. The average Bonchev–Trinajstić information content (AvgIpc) is 2.54. The normalized spacial score (nSPS) is 15.5. The first kappa shape index (κ1) is 15.9. The van der Waals surface area contributed by atoms with Gasteiger partial charge < -0.3 is 10.6 Å². The van der Waals surface area contributed by atoms with Crippen molar-refractivity contribution in [3.8, 4) is 0 Å². The molecule has 0 aromatic heterocycles. The van der Waals surface area contributed by atoms with Gasteiger partial charge >= 0.3 is 6.03 Å². The third-order valence-corrected chi connectivity index (χ3v) is 5.05. The molecule has 2 aromatic carbocycles. The van der Waals surface area contributed by atoms with E-state index in [-0.39, 0.29) is 11.4 Å². The second-order valence-electron chi connectivity index (χ2n) is 6.13. The molecule has 0 aliphatic heterocycles. The molecule has 0 saturated heterocycles. The van der Waals surface area contributed by atoms with Crippen LogP contribution in [0.1, 0.15) is 30.4 Å². The SMILES string of the molecule is O=C(NCc1ccccc1Cl)NCC1(c2ccccc2)CCC1. The van der Waals surface area contributed by atoms with Crippen LogP contribution in [0.25, 0.3) is 0 Å². The van der Waals surface area contributed by atoms with Gasteiger partial charge in [-0.05, 0) is 30.0 Å². The fraction of sp³-hybridized carbons (Fsp3) is 0.316. The molecular weight excluding hydrogens is 308 g/mol. The molecule has 3 rings (SSSR count). The van der Waals surface area contributed by atoms with Crippen LogP contribution in [0.15, 0.2) is 54.6 Å². The van der Waals surface area contributed by atoms with E-state index in [1.54, 1.807) is 0 Å². The van der Waals surface area contributed by atoms with Crippen molar-refractivity contribution in [1.82, 2.24) is 10.6 Å². The number of nitrogens with one attached hydrogen (secondary N) is 2. The molecule has 0 atom stereocenters. The van der Waals surface area contributed by atoms with Gasteiger partial charge in [-0.2, -0.15) is 0 Å². The molecule has 0 unspecified atom stereocenters. The van der Waals surface area contributed by atoms with Crippen LogP contribution in [0, 0.1) is 0 Å². The number of hydrogen-bond acceptors (Lipinski definition) is 1. The van der Waals surface area contributed by atoms with Crippen molar-refractivity contribution in [2.24, 2.45) is 0 Å². The smallest absolute Gasteiger partial charge is 0.315 e. The molecule has 2 aromatic rings. The van der Waals surface area contributed by atoms with Gasteiger partial charge in [0.05, 0.1) is 0 Å². The third kappa shape index (κ3) is 3.67. The molecular formula is C19H21ClN2O. The van der Waals surface area contributed by atoms with Gasteiger partial charge in [-0.3, -0.25) is 0 Å². The molecule has 1 aliphatic rings. The summed E-state index contributed by atoms with van der Waals surface area (Å²) in [7, 11) is 0. The van der Waals surface area contributed by atoms with Gasteiger partial charge in [-0.15, -0.1) is 0 Å². The predicted octanol–water partition coefficient (Wildman–Crippen LogP) is 4.26. The molecule has 0 spiro atoms. The van der Waals surface area contributed by atoms with Crippen LogP contribution in [0.3, 0.4) is 0 Å². The molecule has 0 radical (unpaired) electrons. The Bertz CT molecular complexity index is 668. The highest BCUT2D eigenvalue weighted by Crippen LogP contribution is 2.43. The molecule has 0 bridgehead atoms. The Hall–Kier alpha value is -2.00. The summed E-state index contributed by atoms with van der Waals surface area (Å²) >= 11 is 6.10. The number of urea groups is 1. The molecule has 2 N–H and O–H groups in total. The maximum Gasteiger partial charge on any atom is 0.315 e. The van der Waals surface area contributed by atoms with E-state index in [1.165, 1.54) is 12.0 Å². The van der Waals surface area contributed by atoms with Crippen LogP contribution >= 0.6 is 11.6 Å². The fourth-order valence-corrected chi connectivity index (χ4v) is 3.29. The largest absolute Gasteiger partial charge is 0.337 e. The summed E-state index contributed by atoms with van der Waals surface area (Å²) in [5, 5.41) is 6.57. The molecule has 0 heterocycles. The predicted molar refractivity (Wildman–Crippen MR) is 93.7 cm³/mol. The van der Waals surface area contributed by atoms with E-state index in [9.17, 15) is 4.79 Å². The minimum atomic E-state index is -0.146. The fourth-order valence-electron chi connectivity index (χ4n) is 3.09. The zero-order valence-electron chi connectivity index (χ0n) is 13.0. The highest BCUT2D eigenvalue weighted by Gasteiger charge is 2.38. The molecule has 23 heavy (non-hydrogen) atoms. The first-order valence-corrected chi connectivity index (χ1v) is 8.38. The lowest BCUT2D eigenvalue weighted by molar-refractivity contribution is 0.214. The molecule has 1 fully saturated rings. The first-order valence-electron chi connectivity index (χ1n) is 8.00. The summed E-state index contributed by atoms with van der Waals surface area (Å²) < 4.78 is 0. The van der Waals surface area contributed by atoms with Crippen LogP contribution in [0.4, 0.5) is 4.79 Å². The van der Waals surface area contributed by atoms with Crippen molar-refractivity contribution in [2.45, 2.75) is 31.2 Å². The minimum Gasteiger partial charge on any atom is -0.337 e. The van der Waals surface area contributed by atoms with Gasteiger partial charge in [-0.25, -0.2) is 4.79 Å². The molecule has 1 saturated carbocycles. The van der Waals surface area contributed by atoms with Gasteiger partial charge in [0.15, 0.2) is 0 Å². The first-order chi connectivity index (χ1) is 11.2. The summed E-state index contributed by atoms with van der Waals surface area (Å²) in [6.45, 7) is 1.11. The summed E-state index contributed by atoms with van der Waals surface area (Å²) in [5.41, 5.74) is 2.34. The van der Waals surface area contributed by atoms with E-state index in [2.05, 4.69) is 34.9 Å². The standard InChI is InChI=1S/C19H21ClN2O/c20-17-10-5-4-7-15(17)13-21-18(23)22-14-19(11-6-12-19)16-8-2-1-3-9-16/h1-5,7-10H,6,11-14H2,(H2,21,22,23). The van der Waals surface area contributed by atoms with Crippen molar-refractivity contribution in [2.75, 3.05) is 6.54 Å². The molecule has 4 heteroatoms. The summed E-state index contributed by atoms with van der Waals surface area (Å²) in [6, 6.07) is 17.9. The summed E-state index contributed by atoms with van der Waals surface area (Å²) in [5.74, 6) is 0. The molecule has 120 valence electrons. The lowest BCUT2D eigenvalue weighted by Crippen LogP contribution is -2.48. The maximum absolute atomic E-state index is 12.1. The van der Waals surface area contributed by atoms with E-state index in [0.717, 1.165) is 18.4 Å². The minimum absolute atomic E-state index is 0.100. The van der Waals surface area contributed by atoms with Crippen LogP contribution in [0.5, 0.6) is 0 Å². The number of carbonyl (C=O) groups excluding carboxylic acids is 1. The molecule has 3 nitrogen and oxygen atoms in total. The number of rotatable bonds is 5. The topological polar surface area (TPSA) is 41.1 Å². The lowest BCUT2D eigenvalue weighted by Gasteiger charge is -2.42. The number of carbonyl (C=O) groups is 1. The van der Waals surface area contributed by atoms with Crippen molar-refractivity contribution in [1.29, 1.82) is 0 Å². The van der Waals surface area contributed by atoms with Gasteiger partial charge in [0.2, 0.25) is 0 Å². The van der Waals surface area contributed by atoms with Crippen molar-refractivity contribution < 1.29 is 4.79 Å². The van der Waals surface area contributed by atoms with Crippen LogP contribution in [-0.2, 0) is 12.0 Å². The van der Waals surface area contributed by atoms with Crippen molar-refractivity contribution in [3.05, 3.63) is 70.7 Å². The van der Waals surface area contributed by atoms with Gasteiger partial charge in [0.25, 0.3) is 0 Å². The number of amides is 2. The van der Waals surface area contributed by atoms with E-state index in [1.807, 2.05) is 30.3 Å². The van der Waals surface area contributed by atoms with Gasteiger partial charge in [-0.1, -0.05) is 66.6 Å². The Morgan fingerprint density at radius 2 is 1.70 bits per heavy atom. The van der Waals surface area contributed by atoms with Crippen molar-refractivity contribution in [3.63, 3.8) is 0 Å². The van der Waals surface area contributed by atoms with Crippen LogP contribution in [0.2, 0.25) is 5.02 Å². The van der Waals surface area contributed by atoms with E-state index >= 15 is 0 Å². The second kappa shape index (κ2) is 7.05.